The van der Waals surface area contributed by atoms with Gasteiger partial charge in [-0.3, -0.25) is 10.3 Å². The average Bonchev–Trinajstić information content (AvgIpc) is 2.19. The van der Waals surface area contributed by atoms with E-state index in [2.05, 4.69) is 25.2 Å². The molecule has 0 amide bonds. The van der Waals surface area contributed by atoms with Gasteiger partial charge in [0, 0.05) is 0 Å². The topological polar surface area (TPSA) is 21.3 Å². The van der Waals surface area contributed by atoms with Gasteiger partial charge in [-0.1, -0.05) is 37.0 Å². The molecule has 1 N–H and O–H groups in total. The zero-order valence-corrected chi connectivity index (χ0v) is 9.79. The van der Waals surface area contributed by atoms with Crippen LogP contribution in [0.5, 0.6) is 0 Å². The minimum atomic E-state index is -1.35. The summed E-state index contributed by atoms with van der Waals surface area (Å²) in [4.78, 5) is 5.42. The second kappa shape index (κ2) is 4.98. The van der Waals surface area contributed by atoms with E-state index in [0.717, 1.165) is 11.9 Å². The molecule has 3 heteroatoms. The van der Waals surface area contributed by atoms with Gasteiger partial charge in [0.2, 0.25) is 0 Å². The van der Waals surface area contributed by atoms with Crippen LogP contribution < -0.4 is 5.48 Å². The minimum Gasteiger partial charge on any atom is -0.279 e. The molecule has 0 unspecified atom stereocenters. The highest BCUT2D eigenvalue weighted by Gasteiger charge is 2.16. The summed E-state index contributed by atoms with van der Waals surface area (Å²) in [7, 11) is -1.35. The molecule has 0 radical (unpaired) electrons. The molecule has 2 nitrogen and oxygen atoms in total. The third-order valence-corrected chi connectivity index (χ3v) is 3.95. The molecule has 0 spiro atoms. The van der Waals surface area contributed by atoms with Crippen LogP contribution in [0, 0.1) is 0 Å². The van der Waals surface area contributed by atoms with Crippen LogP contribution >= 0.6 is 0 Å². The van der Waals surface area contributed by atoms with Crippen LogP contribution in [0.1, 0.15) is 0 Å². The zero-order chi connectivity index (χ0) is 10.4. The van der Waals surface area contributed by atoms with Crippen LogP contribution in [0.4, 0.5) is 5.69 Å². The monoisotopic (exact) mass is 207 g/mol. The van der Waals surface area contributed by atoms with Gasteiger partial charge >= 0.3 is 0 Å². The summed E-state index contributed by atoms with van der Waals surface area (Å²) in [5.41, 5.74) is 5.94. The van der Waals surface area contributed by atoms with Crippen molar-refractivity contribution < 1.29 is 4.84 Å². The Kier molecular flexibility index (Phi) is 3.92. The largest absolute Gasteiger partial charge is 0.279 e. The molecule has 0 saturated carbocycles. The molecule has 0 aliphatic heterocycles. The van der Waals surface area contributed by atoms with Gasteiger partial charge < -0.3 is 0 Å². The molecule has 76 valence electrons. The van der Waals surface area contributed by atoms with E-state index in [1.54, 1.807) is 0 Å². The maximum absolute atomic E-state index is 5.42. The second-order valence-corrected chi connectivity index (χ2v) is 8.62. The lowest BCUT2D eigenvalue weighted by molar-refractivity contribution is 0.241. The molecular weight excluding hydrogens is 190 g/mol. The Labute approximate surface area is 86.6 Å². The average molecular weight is 207 g/mol. The highest BCUT2D eigenvalue weighted by Crippen LogP contribution is 2.07. The minimum absolute atomic E-state index is 0.741. The van der Waals surface area contributed by atoms with Gasteiger partial charge in [0.1, 0.15) is 8.07 Å². The summed E-state index contributed by atoms with van der Waals surface area (Å²) in [5.74, 6) is 0. The Morgan fingerprint density at radius 2 is 2.00 bits per heavy atom. The van der Waals surface area contributed by atoms with Crippen LogP contribution in [-0.2, 0) is 4.84 Å². The van der Waals surface area contributed by atoms with Crippen LogP contribution in [0.3, 0.4) is 0 Å². The van der Waals surface area contributed by atoms with E-state index in [1.165, 1.54) is 0 Å². The Morgan fingerprint density at radius 1 is 1.36 bits per heavy atom. The van der Waals surface area contributed by atoms with E-state index in [4.69, 9.17) is 4.84 Å². The van der Waals surface area contributed by atoms with Gasteiger partial charge in [-0.05, 0) is 12.1 Å². The fraction of sp³-hybridized carbons (Fsp3) is 0.273. The molecule has 0 aliphatic rings. The first-order chi connectivity index (χ1) is 6.64. The lowest BCUT2D eigenvalue weighted by Crippen LogP contribution is -2.31. The standard InChI is InChI=1S/C11H17NOSi/c1-4-14(2,3)10-13-12-11-8-6-5-7-9-11/h4-9,12H,1,10H2,2-3H3. The molecule has 0 aliphatic carbocycles. The maximum Gasteiger partial charge on any atom is 0.104 e. The van der Waals surface area contributed by atoms with E-state index in [1.807, 2.05) is 36.0 Å². The molecule has 0 atom stereocenters. The van der Waals surface area contributed by atoms with Crippen LogP contribution in [0.15, 0.2) is 42.6 Å². The SMILES string of the molecule is C=C[Si](C)(C)CONc1ccccc1. The molecule has 1 aromatic rings. The van der Waals surface area contributed by atoms with E-state index >= 15 is 0 Å². The van der Waals surface area contributed by atoms with Gasteiger partial charge in [-0.2, -0.15) is 0 Å². The number of benzene rings is 1. The predicted molar refractivity (Wildman–Crippen MR) is 63.7 cm³/mol. The molecule has 1 aromatic carbocycles. The number of hydrogen-bond donors (Lipinski definition) is 1. The first-order valence-corrected chi connectivity index (χ1v) is 7.99. The Bertz CT molecular complexity index is 285. The Hall–Kier alpha value is -1.06. The second-order valence-electron chi connectivity index (χ2n) is 3.95. The van der Waals surface area contributed by atoms with E-state index < -0.39 is 8.07 Å². The maximum atomic E-state index is 5.42. The lowest BCUT2D eigenvalue weighted by atomic mass is 10.3. The third kappa shape index (κ3) is 3.76. The highest BCUT2D eigenvalue weighted by molar-refractivity contribution is 6.82. The van der Waals surface area contributed by atoms with E-state index in [-0.39, 0.29) is 0 Å². The number of nitrogens with one attached hydrogen (secondary N) is 1. The molecule has 0 fully saturated rings. The zero-order valence-electron chi connectivity index (χ0n) is 8.79. The van der Waals surface area contributed by atoms with Crippen molar-refractivity contribution in [3.63, 3.8) is 0 Å². The molecular formula is C11H17NOSi. The molecule has 0 aromatic heterocycles. The molecule has 0 heterocycles. The van der Waals surface area contributed by atoms with Crippen molar-refractivity contribution in [1.29, 1.82) is 0 Å². The Morgan fingerprint density at radius 3 is 2.57 bits per heavy atom. The van der Waals surface area contributed by atoms with E-state index in [0.29, 0.717) is 0 Å². The highest BCUT2D eigenvalue weighted by atomic mass is 28.3. The number of anilines is 1. The summed E-state index contributed by atoms with van der Waals surface area (Å²) in [5, 5.41) is 0. The van der Waals surface area contributed by atoms with Crippen molar-refractivity contribution in [3.05, 3.63) is 42.6 Å². The lowest BCUT2D eigenvalue weighted by Gasteiger charge is -2.17. The fourth-order valence-electron chi connectivity index (χ4n) is 0.871. The fourth-order valence-corrected chi connectivity index (χ4v) is 1.43. The van der Waals surface area contributed by atoms with Crippen LogP contribution in [-0.4, -0.2) is 14.3 Å². The summed E-state index contributed by atoms with van der Waals surface area (Å²) in [6.45, 7) is 8.24. The predicted octanol–water partition coefficient (Wildman–Crippen LogP) is 3.00. The van der Waals surface area contributed by atoms with Crippen molar-refractivity contribution in [2.45, 2.75) is 13.1 Å². The van der Waals surface area contributed by atoms with Crippen LogP contribution in [0.2, 0.25) is 13.1 Å². The molecule has 14 heavy (non-hydrogen) atoms. The first-order valence-electron chi connectivity index (χ1n) is 4.70. The van der Waals surface area contributed by atoms with Gasteiger partial charge in [0.05, 0.1) is 11.9 Å². The van der Waals surface area contributed by atoms with Crippen molar-refractivity contribution in [3.8, 4) is 0 Å². The first kappa shape index (κ1) is 11.0. The molecule has 0 bridgehead atoms. The molecule has 0 saturated heterocycles. The van der Waals surface area contributed by atoms with Gasteiger partial charge in [-0.15, -0.1) is 6.58 Å². The quantitative estimate of drug-likeness (QED) is 0.592. The van der Waals surface area contributed by atoms with Crippen molar-refractivity contribution >= 4 is 13.8 Å². The number of rotatable bonds is 5. The number of hydrogen-bond acceptors (Lipinski definition) is 2. The third-order valence-electron chi connectivity index (χ3n) is 1.96. The summed E-state index contributed by atoms with van der Waals surface area (Å²) in [6, 6.07) is 9.88. The van der Waals surface area contributed by atoms with Gasteiger partial charge in [-0.25, -0.2) is 0 Å². The van der Waals surface area contributed by atoms with Gasteiger partial charge in [0.15, 0.2) is 0 Å². The van der Waals surface area contributed by atoms with Crippen molar-refractivity contribution in [1.82, 2.24) is 0 Å². The smallest absolute Gasteiger partial charge is 0.104 e. The number of para-hydroxylation sites is 1. The Balaban J connectivity index is 2.32. The van der Waals surface area contributed by atoms with Crippen molar-refractivity contribution in [2.24, 2.45) is 0 Å². The molecule has 1 rings (SSSR count). The van der Waals surface area contributed by atoms with Crippen molar-refractivity contribution in [2.75, 3.05) is 11.7 Å². The normalized spacial score (nSPS) is 11.0. The van der Waals surface area contributed by atoms with E-state index in [9.17, 15) is 0 Å². The summed E-state index contributed by atoms with van der Waals surface area (Å²) >= 11 is 0. The van der Waals surface area contributed by atoms with Gasteiger partial charge in [0.25, 0.3) is 0 Å². The summed E-state index contributed by atoms with van der Waals surface area (Å²) in [6.07, 6.45) is 0.741. The van der Waals surface area contributed by atoms with Crippen LogP contribution in [0.25, 0.3) is 0 Å². The summed E-state index contributed by atoms with van der Waals surface area (Å²) < 4.78 is 0.